The van der Waals surface area contributed by atoms with E-state index in [4.69, 9.17) is 4.43 Å². The molecule has 4 rings (SSSR count). The van der Waals surface area contributed by atoms with Gasteiger partial charge in [0.1, 0.15) is 6.17 Å². The van der Waals surface area contributed by atoms with Crippen LogP contribution in [0.2, 0.25) is 13.1 Å². The van der Waals surface area contributed by atoms with E-state index in [1.807, 2.05) is 0 Å². The number of para-hydroxylation sites is 1. The number of hydrogen-bond acceptors (Lipinski definition) is 2. The van der Waals surface area contributed by atoms with Crippen LogP contribution in [0, 0.1) is 5.41 Å². The number of fused-ring (bicyclic) bond motifs is 1. The molecule has 1 aliphatic heterocycles. The summed E-state index contributed by atoms with van der Waals surface area (Å²) < 4.78 is 8.99. The number of anilines is 1. The summed E-state index contributed by atoms with van der Waals surface area (Å²) in [4.78, 5) is 2.47. The Kier molecular flexibility index (Phi) is 5.13. The van der Waals surface area contributed by atoms with Gasteiger partial charge in [0.05, 0.1) is 11.4 Å². The molecule has 0 radical (unpaired) electrons. The first kappa shape index (κ1) is 19.6. The van der Waals surface area contributed by atoms with Crippen LogP contribution < -0.4 is 4.90 Å². The molecule has 0 fully saturated rings. The molecule has 2 aromatic carbocycles. The van der Waals surface area contributed by atoms with Crippen molar-refractivity contribution in [3.8, 4) is 0 Å². The van der Waals surface area contributed by atoms with Gasteiger partial charge in [0.25, 0.3) is 0 Å². The van der Waals surface area contributed by atoms with E-state index in [1.165, 1.54) is 11.3 Å². The van der Waals surface area contributed by atoms with E-state index in [2.05, 4.69) is 122 Å². The number of rotatable bonds is 4. The fourth-order valence-corrected chi connectivity index (χ4v) is 4.86. The Balaban J connectivity index is 2.07. The average Bonchev–Trinajstić information content (AvgIpc) is 3.17. The first-order valence-corrected chi connectivity index (χ1v) is 13.1. The van der Waals surface area contributed by atoms with Gasteiger partial charge in [-0.15, -0.1) is 0 Å². The molecule has 0 spiro atoms. The van der Waals surface area contributed by atoms with Gasteiger partial charge in [0.15, 0.2) is 5.76 Å². The zero-order valence-corrected chi connectivity index (χ0v) is 19.1. The van der Waals surface area contributed by atoms with Gasteiger partial charge in [-0.3, -0.25) is 0 Å². The number of aromatic nitrogens is 1. The molecule has 0 aliphatic carbocycles. The molecule has 29 heavy (non-hydrogen) atoms. The molecule has 3 nitrogen and oxygen atoms in total. The van der Waals surface area contributed by atoms with Crippen molar-refractivity contribution >= 4 is 26.2 Å². The lowest BCUT2D eigenvalue weighted by atomic mass is 9.88. The zero-order chi connectivity index (χ0) is 20.6. The molecule has 0 amide bonds. The van der Waals surface area contributed by atoms with Gasteiger partial charge in [-0.2, -0.15) is 0 Å². The maximum absolute atomic E-state index is 6.61. The second-order valence-corrected chi connectivity index (χ2v) is 11.3. The Morgan fingerprint density at radius 3 is 2.03 bits per heavy atom. The van der Waals surface area contributed by atoms with Gasteiger partial charge in [-0.25, -0.2) is 0 Å². The summed E-state index contributed by atoms with van der Waals surface area (Å²) >= 11 is 0. The normalized spacial score (nSPS) is 16.9. The van der Waals surface area contributed by atoms with E-state index >= 15 is 0 Å². The molecule has 0 N–H and O–H groups in total. The fraction of sp³-hybridized carbons (Fsp3) is 0.280. The molecule has 2 heterocycles. The minimum absolute atomic E-state index is 0.00440. The minimum Gasteiger partial charge on any atom is -0.544 e. The van der Waals surface area contributed by atoms with Crippen LogP contribution in [0.5, 0.6) is 0 Å². The van der Waals surface area contributed by atoms with Crippen LogP contribution in [0.25, 0.3) is 11.5 Å². The van der Waals surface area contributed by atoms with Crippen molar-refractivity contribution in [3.63, 3.8) is 0 Å². The molecular weight excluding hydrogens is 372 g/mol. The quantitative estimate of drug-likeness (QED) is 0.471. The molecule has 3 aromatic rings. The Morgan fingerprint density at radius 2 is 1.45 bits per heavy atom. The summed E-state index contributed by atoms with van der Waals surface area (Å²) in [6.45, 7) is 11.4. The molecular formula is C25H30N2OSi. The van der Waals surface area contributed by atoms with E-state index in [0.29, 0.717) is 0 Å². The summed E-state index contributed by atoms with van der Waals surface area (Å²) in [6.07, 6.45) is 2.32. The van der Waals surface area contributed by atoms with E-state index in [0.717, 1.165) is 17.2 Å². The van der Waals surface area contributed by atoms with Crippen molar-refractivity contribution in [2.24, 2.45) is 5.41 Å². The van der Waals surface area contributed by atoms with Crippen molar-refractivity contribution in [2.75, 3.05) is 4.90 Å². The van der Waals surface area contributed by atoms with Crippen LogP contribution in [-0.2, 0) is 4.43 Å². The van der Waals surface area contributed by atoms with Gasteiger partial charge in [0, 0.05) is 22.9 Å². The summed E-state index contributed by atoms with van der Waals surface area (Å²) in [5.41, 5.74) is 4.69. The standard InChI is InChI=1S/C25H30N2OSi/c1-25(2,3)24-26-18-12-17-21(26)23(28-29(4)5)22(19-13-8-6-9-14-19)27(24)20-15-10-7-11-16-20/h6-18,24,29H,1-5H3. The second kappa shape index (κ2) is 7.60. The van der Waals surface area contributed by atoms with Gasteiger partial charge >= 0.3 is 0 Å². The highest BCUT2D eigenvalue weighted by Crippen LogP contribution is 2.48. The predicted octanol–water partition coefficient (Wildman–Crippen LogP) is 6.38. The van der Waals surface area contributed by atoms with Crippen molar-refractivity contribution in [1.82, 2.24) is 4.57 Å². The minimum atomic E-state index is -1.32. The Bertz CT molecular complexity index is 1000. The molecule has 0 saturated heterocycles. The average molecular weight is 403 g/mol. The topological polar surface area (TPSA) is 17.4 Å². The highest BCUT2D eigenvalue weighted by Gasteiger charge is 2.41. The van der Waals surface area contributed by atoms with Crippen molar-refractivity contribution in [2.45, 2.75) is 40.0 Å². The lowest BCUT2D eigenvalue weighted by Gasteiger charge is -2.47. The molecule has 4 heteroatoms. The Hall–Kier alpha value is -2.72. The van der Waals surface area contributed by atoms with Gasteiger partial charge in [0.2, 0.25) is 9.04 Å². The summed E-state index contributed by atoms with van der Waals surface area (Å²) in [5.74, 6) is 0.993. The van der Waals surface area contributed by atoms with Crippen molar-refractivity contribution in [1.29, 1.82) is 0 Å². The van der Waals surface area contributed by atoms with Crippen LogP contribution in [0.15, 0.2) is 79.0 Å². The van der Waals surface area contributed by atoms with Crippen LogP contribution in [0.3, 0.4) is 0 Å². The van der Waals surface area contributed by atoms with Crippen molar-refractivity contribution in [3.05, 3.63) is 90.3 Å². The molecule has 150 valence electrons. The molecule has 0 saturated carbocycles. The zero-order valence-electron chi connectivity index (χ0n) is 18.0. The summed E-state index contributed by atoms with van der Waals surface area (Å²) in [6, 6.07) is 25.7. The van der Waals surface area contributed by atoms with Gasteiger partial charge in [-0.05, 0) is 37.4 Å². The maximum atomic E-state index is 6.61. The highest BCUT2D eigenvalue weighted by molar-refractivity contribution is 6.49. The first-order chi connectivity index (χ1) is 13.9. The predicted molar refractivity (Wildman–Crippen MR) is 125 cm³/mol. The second-order valence-electron chi connectivity index (χ2n) is 8.96. The lowest BCUT2D eigenvalue weighted by Crippen LogP contribution is -2.43. The third-order valence-electron chi connectivity index (χ3n) is 5.19. The number of benzene rings is 2. The monoisotopic (exact) mass is 402 g/mol. The van der Waals surface area contributed by atoms with E-state index in [-0.39, 0.29) is 11.6 Å². The lowest BCUT2D eigenvalue weighted by molar-refractivity contribution is 0.241. The van der Waals surface area contributed by atoms with E-state index < -0.39 is 9.04 Å². The van der Waals surface area contributed by atoms with Gasteiger partial charge in [-0.1, -0.05) is 69.3 Å². The summed E-state index contributed by atoms with van der Waals surface area (Å²) in [5, 5.41) is 0. The van der Waals surface area contributed by atoms with Gasteiger partial charge < -0.3 is 13.9 Å². The van der Waals surface area contributed by atoms with Crippen LogP contribution in [0.4, 0.5) is 5.69 Å². The largest absolute Gasteiger partial charge is 0.544 e. The SMILES string of the molecule is C[SiH](C)OC1=C(c2ccccc2)N(c2ccccc2)C(C(C)(C)C)n2cccc21. The molecule has 1 aromatic heterocycles. The highest BCUT2D eigenvalue weighted by atomic mass is 28.3. The first-order valence-electron chi connectivity index (χ1n) is 10.4. The fourth-order valence-electron chi connectivity index (χ4n) is 4.16. The maximum Gasteiger partial charge on any atom is 0.229 e. The molecule has 1 atom stereocenters. The van der Waals surface area contributed by atoms with Crippen LogP contribution in [-0.4, -0.2) is 13.6 Å². The van der Waals surface area contributed by atoms with Crippen LogP contribution >= 0.6 is 0 Å². The Morgan fingerprint density at radius 1 is 0.828 bits per heavy atom. The third-order valence-corrected chi connectivity index (χ3v) is 5.89. The summed E-state index contributed by atoms with van der Waals surface area (Å²) in [7, 11) is -1.32. The van der Waals surface area contributed by atoms with E-state index in [1.54, 1.807) is 0 Å². The number of nitrogens with zero attached hydrogens (tertiary/aromatic N) is 2. The Labute approximate surface area is 176 Å². The smallest absolute Gasteiger partial charge is 0.229 e. The number of hydrogen-bond donors (Lipinski definition) is 0. The van der Waals surface area contributed by atoms with E-state index in [9.17, 15) is 0 Å². The van der Waals surface area contributed by atoms with Crippen molar-refractivity contribution < 1.29 is 4.43 Å². The van der Waals surface area contributed by atoms with Crippen LogP contribution in [0.1, 0.15) is 38.2 Å². The molecule has 1 aliphatic rings. The molecule has 0 bridgehead atoms. The third kappa shape index (κ3) is 3.65. The molecule has 1 unspecified atom stereocenters.